The molecule has 1 unspecified atom stereocenters. The third-order valence-electron chi connectivity index (χ3n) is 4.75. The Kier molecular flexibility index (Phi) is 9.22. The van der Waals surface area contributed by atoms with Crippen molar-refractivity contribution < 1.29 is 14.4 Å². The molecule has 0 spiro atoms. The van der Waals surface area contributed by atoms with Gasteiger partial charge in [0.1, 0.15) is 6.04 Å². The molecule has 1 saturated heterocycles. The van der Waals surface area contributed by atoms with E-state index in [2.05, 4.69) is 46.2 Å². The van der Waals surface area contributed by atoms with Gasteiger partial charge in [0.25, 0.3) is 5.91 Å². The van der Waals surface area contributed by atoms with Crippen LogP contribution in [0, 0.1) is 5.41 Å². The highest BCUT2D eigenvalue weighted by Gasteiger charge is 2.36. The van der Waals surface area contributed by atoms with Crippen molar-refractivity contribution >= 4 is 46.5 Å². The van der Waals surface area contributed by atoms with Gasteiger partial charge in [0.15, 0.2) is 0 Å². The summed E-state index contributed by atoms with van der Waals surface area (Å²) in [6.45, 7) is 5.18. The fourth-order valence-corrected chi connectivity index (χ4v) is 3.52. The minimum atomic E-state index is -0.743. The van der Waals surface area contributed by atoms with Crippen molar-refractivity contribution in [3.63, 3.8) is 0 Å². The summed E-state index contributed by atoms with van der Waals surface area (Å²) in [5.41, 5.74) is 3.17. The second kappa shape index (κ2) is 11.6. The van der Waals surface area contributed by atoms with Crippen LogP contribution in [0.15, 0.2) is 56.9 Å². The fraction of sp³-hybridized carbons (Fsp3) is 0.364. The maximum absolute atomic E-state index is 12.5. The summed E-state index contributed by atoms with van der Waals surface area (Å²) in [6.07, 6.45) is 14.1. The molecule has 0 saturated carbocycles. The molecule has 2 heterocycles. The van der Waals surface area contributed by atoms with Crippen LogP contribution in [0.3, 0.4) is 0 Å². The van der Waals surface area contributed by atoms with Gasteiger partial charge in [-0.25, -0.2) is 0 Å². The predicted octanol–water partition coefficient (Wildman–Crippen LogP) is 2.91. The minimum absolute atomic E-state index is 0.117. The van der Waals surface area contributed by atoms with Crippen LogP contribution >= 0.6 is 22.6 Å². The number of nitrogens with zero attached hydrogens (tertiary/aromatic N) is 1. The number of imide groups is 1. The Balaban J connectivity index is 2.07. The summed E-state index contributed by atoms with van der Waals surface area (Å²) in [7, 11) is 0. The summed E-state index contributed by atoms with van der Waals surface area (Å²) in [4.78, 5) is 37.5. The van der Waals surface area contributed by atoms with E-state index in [1.807, 2.05) is 25.3 Å². The minimum Gasteiger partial charge on any atom is -0.390 e. The number of carbonyl (C=O) groups excluding carboxylic acids is 3. The summed E-state index contributed by atoms with van der Waals surface area (Å²) in [6, 6.07) is -0.743. The third kappa shape index (κ3) is 6.79. The largest absolute Gasteiger partial charge is 0.390 e. The third-order valence-corrected chi connectivity index (χ3v) is 5.38. The lowest BCUT2D eigenvalue weighted by molar-refractivity contribution is -0.138. The molecular weight excluding hydrogens is 495 g/mol. The molecule has 2 aliphatic rings. The van der Waals surface area contributed by atoms with Gasteiger partial charge in [0, 0.05) is 35.2 Å². The number of hydrogen-bond acceptors (Lipinski definition) is 5. The first kappa shape index (κ1) is 23.8. The maximum Gasteiger partial charge on any atom is 0.253 e. The molecule has 0 radical (unpaired) electrons. The lowest BCUT2D eigenvalue weighted by Gasteiger charge is -2.25. The number of rotatable bonds is 9. The number of halogens is 1. The van der Waals surface area contributed by atoms with Crippen molar-refractivity contribution in [3.8, 4) is 0 Å². The molecule has 0 aromatic heterocycles. The molecule has 7 nitrogen and oxygen atoms in total. The van der Waals surface area contributed by atoms with E-state index < -0.39 is 17.9 Å². The lowest BCUT2D eigenvalue weighted by atomic mass is 10.0. The second-order valence-corrected chi connectivity index (χ2v) is 8.38. The van der Waals surface area contributed by atoms with Crippen molar-refractivity contribution in [2.24, 2.45) is 0 Å². The highest BCUT2D eigenvalue weighted by atomic mass is 127. The first-order valence-corrected chi connectivity index (χ1v) is 10.9. The van der Waals surface area contributed by atoms with Gasteiger partial charge in [0.05, 0.1) is 6.42 Å². The van der Waals surface area contributed by atoms with E-state index in [1.54, 1.807) is 0 Å². The molecule has 0 bridgehead atoms. The summed E-state index contributed by atoms with van der Waals surface area (Å²) in [5, 5.41) is 12.6. The van der Waals surface area contributed by atoms with Crippen LogP contribution in [-0.2, 0) is 14.4 Å². The van der Waals surface area contributed by atoms with E-state index in [9.17, 15) is 14.4 Å². The van der Waals surface area contributed by atoms with Crippen molar-refractivity contribution in [2.45, 2.75) is 39.2 Å². The monoisotopic (exact) mass is 522 g/mol. The molecule has 0 aliphatic carbocycles. The van der Waals surface area contributed by atoms with Crippen LogP contribution in [0.5, 0.6) is 0 Å². The van der Waals surface area contributed by atoms with Crippen molar-refractivity contribution in [1.29, 1.82) is 5.41 Å². The summed E-state index contributed by atoms with van der Waals surface area (Å²) in [5.74, 6) is -1.03. The molecule has 3 amide bonds. The van der Waals surface area contributed by atoms with E-state index in [1.165, 1.54) is 28.8 Å². The first-order chi connectivity index (χ1) is 14.3. The molecule has 30 heavy (non-hydrogen) atoms. The average Bonchev–Trinajstić information content (AvgIpc) is 3.08. The molecule has 2 aliphatic heterocycles. The van der Waals surface area contributed by atoms with Gasteiger partial charge in [0.2, 0.25) is 11.8 Å². The van der Waals surface area contributed by atoms with Crippen molar-refractivity contribution in [2.75, 3.05) is 13.1 Å². The number of carbonyl (C=O) groups is 3. The Bertz CT molecular complexity index is 868. The number of likely N-dealkylation sites (tertiary alicyclic amines) is 1. The van der Waals surface area contributed by atoms with Crippen molar-refractivity contribution in [3.05, 3.63) is 56.9 Å². The molecule has 1 fully saturated rings. The van der Waals surface area contributed by atoms with Crippen LogP contribution in [0.25, 0.3) is 0 Å². The normalized spacial score (nSPS) is 22.0. The number of nitrogens with one attached hydrogen (secondary N) is 3. The molecule has 2 rings (SSSR count). The SMILES string of the molecule is C\C=C/C(/C=C(\C)CCCN/C=C(/I)C=N)=C1\CC(=O)N(C2C=CC(=O)NC2=O)C1. The van der Waals surface area contributed by atoms with Crippen LogP contribution in [-0.4, -0.2) is 48.0 Å². The van der Waals surface area contributed by atoms with Crippen LogP contribution < -0.4 is 10.6 Å². The van der Waals surface area contributed by atoms with E-state index in [4.69, 9.17) is 5.41 Å². The van der Waals surface area contributed by atoms with Gasteiger partial charge in [-0.05, 0) is 66.5 Å². The van der Waals surface area contributed by atoms with Gasteiger partial charge in [-0.1, -0.05) is 23.8 Å². The predicted molar refractivity (Wildman–Crippen MR) is 126 cm³/mol. The van der Waals surface area contributed by atoms with Crippen molar-refractivity contribution in [1.82, 2.24) is 15.5 Å². The van der Waals surface area contributed by atoms with Gasteiger partial charge in [-0.3, -0.25) is 19.7 Å². The van der Waals surface area contributed by atoms with Crippen LogP contribution in [0.4, 0.5) is 0 Å². The molecule has 1 atom stereocenters. The Morgan fingerprint density at radius 2 is 2.17 bits per heavy atom. The molecule has 0 aromatic carbocycles. The average molecular weight is 522 g/mol. The molecule has 0 aromatic rings. The smallest absolute Gasteiger partial charge is 0.253 e. The van der Waals surface area contributed by atoms with E-state index in [0.29, 0.717) is 6.54 Å². The quantitative estimate of drug-likeness (QED) is 0.188. The van der Waals surface area contributed by atoms with Gasteiger partial charge in [-0.2, -0.15) is 0 Å². The number of allylic oxidation sites excluding steroid dienone is 6. The Labute approximate surface area is 190 Å². The summed E-state index contributed by atoms with van der Waals surface area (Å²) < 4.78 is 0.848. The zero-order valence-electron chi connectivity index (χ0n) is 17.2. The Morgan fingerprint density at radius 1 is 1.40 bits per heavy atom. The summed E-state index contributed by atoms with van der Waals surface area (Å²) >= 11 is 2.09. The van der Waals surface area contributed by atoms with E-state index in [0.717, 1.165) is 34.1 Å². The Morgan fingerprint density at radius 3 is 2.83 bits per heavy atom. The van der Waals surface area contributed by atoms with Gasteiger partial charge < -0.3 is 15.6 Å². The zero-order valence-corrected chi connectivity index (χ0v) is 19.4. The first-order valence-electron chi connectivity index (χ1n) is 9.79. The molecule has 3 N–H and O–H groups in total. The number of hydrogen-bond donors (Lipinski definition) is 3. The zero-order chi connectivity index (χ0) is 22.1. The van der Waals surface area contributed by atoms with Gasteiger partial charge >= 0.3 is 0 Å². The topological polar surface area (TPSA) is 102 Å². The van der Waals surface area contributed by atoms with Gasteiger partial charge in [-0.15, -0.1) is 0 Å². The van der Waals surface area contributed by atoms with E-state index in [-0.39, 0.29) is 12.3 Å². The lowest BCUT2D eigenvalue weighted by Crippen LogP contribution is -2.50. The molecule has 160 valence electrons. The Hall–Kier alpha value is -2.49. The molecule has 8 heteroatoms. The standard InChI is InChI=1S/C22H27IN4O3/c1-3-5-16(10-15(2)6-4-9-25-13-18(23)12-24)17-11-21(29)27(14-17)19-7-8-20(28)26-22(19)30/h3,5,7-8,10,12-13,19,24-25H,4,6,9,11,14H2,1-2H3,(H,26,28,30)/b5-3-,15-10+,17-16-,18-13+,24-12?. The fourth-order valence-electron chi connectivity index (χ4n) is 3.29. The second-order valence-electron chi connectivity index (χ2n) is 7.14. The van der Waals surface area contributed by atoms with E-state index >= 15 is 0 Å². The maximum atomic E-state index is 12.5. The highest BCUT2D eigenvalue weighted by molar-refractivity contribution is 14.1. The molecular formula is C22H27IN4O3. The highest BCUT2D eigenvalue weighted by Crippen LogP contribution is 2.26. The number of amides is 3. The van der Waals surface area contributed by atoms with Crippen LogP contribution in [0.1, 0.15) is 33.1 Å². The van der Waals surface area contributed by atoms with Crippen LogP contribution in [0.2, 0.25) is 0 Å².